The Hall–Kier alpha value is -3.21. The minimum atomic E-state index is -0.620. The van der Waals surface area contributed by atoms with E-state index in [1.165, 1.54) is 11.1 Å². The second-order valence-corrected chi connectivity index (χ2v) is 7.34. The van der Waals surface area contributed by atoms with Crippen LogP contribution in [-0.2, 0) is 0 Å². The molecule has 0 saturated heterocycles. The molecule has 0 radical (unpaired) electrons. The maximum absolute atomic E-state index is 10.4. The number of pyridine rings is 1. The summed E-state index contributed by atoms with van der Waals surface area (Å²) in [6, 6.07) is 32.6. The SMILES string of the molecule is OC(CNCC(c1ccccc1)c1ccccc1)COc1ccc2ccccc2n1. The number of hydrogen-bond donors (Lipinski definition) is 2. The van der Waals surface area contributed by atoms with Gasteiger partial charge < -0.3 is 15.2 Å². The van der Waals surface area contributed by atoms with Gasteiger partial charge in [0.25, 0.3) is 0 Å². The largest absolute Gasteiger partial charge is 0.475 e. The molecule has 2 N–H and O–H groups in total. The van der Waals surface area contributed by atoms with Crippen LogP contribution < -0.4 is 10.1 Å². The van der Waals surface area contributed by atoms with E-state index in [9.17, 15) is 5.11 Å². The fraction of sp³-hybridized carbons (Fsp3) is 0.192. The number of aromatic nitrogens is 1. The van der Waals surface area contributed by atoms with E-state index in [1.54, 1.807) is 0 Å². The molecular formula is C26H26N2O2. The highest BCUT2D eigenvalue weighted by molar-refractivity contribution is 5.78. The number of fused-ring (bicyclic) bond motifs is 1. The molecule has 4 heteroatoms. The molecule has 4 nitrogen and oxygen atoms in total. The lowest BCUT2D eigenvalue weighted by atomic mass is 9.91. The van der Waals surface area contributed by atoms with Crippen LogP contribution in [-0.4, -0.2) is 35.9 Å². The minimum absolute atomic E-state index is 0.194. The molecule has 0 aliphatic rings. The van der Waals surface area contributed by atoms with Crippen LogP contribution in [0.5, 0.6) is 5.88 Å². The average molecular weight is 399 g/mol. The third-order valence-electron chi connectivity index (χ3n) is 5.13. The van der Waals surface area contributed by atoms with Gasteiger partial charge in [0, 0.05) is 30.5 Å². The summed E-state index contributed by atoms with van der Waals surface area (Å²) >= 11 is 0. The predicted molar refractivity (Wildman–Crippen MR) is 121 cm³/mol. The molecule has 1 unspecified atom stereocenters. The Morgan fingerprint density at radius 1 is 0.733 bits per heavy atom. The van der Waals surface area contributed by atoms with Gasteiger partial charge in [0.2, 0.25) is 5.88 Å². The molecule has 0 amide bonds. The molecule has 30 heavy (non-hydrogen) atoms. The van der Waals surface area contributed by atoms with Crippen LogP contribution >= 0.6 is 0 Å². The number of nitrogens with one attached hydrogen (secondary N) is 1. The van der Waals surface area contributed by atoms with E-state index >= 15 is 0 Å². The quantitative estimate of drug-likeness (QED) is 0.439. The number of benzene rings is 3. The fourth-order valence-electron chi connectivity index (χ4n) is 3.56. The van der Waals surface area contributed by atoms with Gasteiger partial charge in [-0.15, -0.1) is 0 Å². The molecule has 1 heterocycles. The van der Waals surface area contributed by atoms with Crippen molar-refractivity contribution in [3.8, 4) is 5.88 Å². The van der Waals surface area contributed by atoms with Gasteiger partial charge in [-0.2, -0.15) is 0 Å². The number of nitrogens with zero attached hydrogens (tertiary/aromatic N) is 1. The molecule has 4 rings (SSSR count). The summed E-state index contributed by atoms with van der Waals surface area (Å²) in [5.41, 5.74) is 3.39. The number of aliphatic hydroxyl groups excluding tert-OH is 1. The fourth-order valence-corrected chi connectivity index (χ4v) is 3.56. The van der Waals surface area contributed by atoms with E-state index < -0.39 is 6.10 Å². The Bertz CT molecular complexity index is 1010. The highest BCUT2D eigenvalue weighted by Crippen LogP contribution is 2.23. The van der Waals surface area contributed by atoms with E-state index in [1.807, 2.05) is 48.5 Å². The summed E-state index contributed by atoms with van der Waals surface area (Å²) in [5, 5.41) is 14.8. The van der Waals surface area contributed by atoms with Gasteiger partial charge in [-0.25, -0.2) is 4.98 Å². The van der Waals surface area contributed by atoms with Crippen LogP contribution in [0.4, 0.5) is 0 Å². The van der Waals surface area contributed by atoms with Crippen molar-refractivity contribution < 1.29 is 9.84 Å². The summed E-state index contributed by atoms with van der Waals surface area (Å²) in [5.74, 6) is 0.752. The predicted octanol–water partition coefficient (Wildman–Crippen LogP) is 4.40. The van der Waals surface area contributed by atoms with Gasteiger partial charge in [-0.3, -0.25) is 0 Å². The van der Waals surface area contributed by atoms with E-state index in [0.717, 1.165) is 17.4 Å². The normalized spacial score (nSPS) is 12.2. The smallest absolute Gasteiger partial charge is 0.213 e. The Balaban J connectivity index is 1.31. The molecule has 0 aliphatic heterocycles. The molecule has 1 atom stereocenters. The van der Waals surface area contributed by atoms with Crippen LogP contribution in [0.15, 0.2) is 97.1 Å². The van der Waals surface area contributed by atoms with Crippen LogP contribution in [0.3, 0.4) is 0 Å². The van der Waals surface area contributed by atoms with Gasteiger partial charge >= 0.3 is 0 Å². The maximum Gasteiger partial charge on any atom is 0.213 e. The number of rotatable bonds is 9. The second-order valence-electron chi connectivity index (χ2n) is 7.34. The van der Waals surface area contributed by atoms with Crippen molar-refractivity contribution in [3.05, 3.63) is 108 Å². The van der Waals surface area contributed by atoms with E-state index in [0.29, 0.717) is 12.4 Å². The monoisotopic (exact) mass is 398 g/mol. The Labute approximate surface area is 177 Å². The molecule has 0 bridgehead atoms. The van der Waals surface area contributed by atoms with Gasteiger partial charge in [0.15, 0.2) is 0 Å². The van der Waals surface area contributed by atoms with Crippen molar-refractivity contribution >= 4 is 10.9 Å². The number of ether oxygens (including phenoxy) is 1. The van der Waals surface area contributed by atoms with Crippen LogP contribution in [0.25, 0.3) is 10.9 Å². The topological polar surface area (TPSA) is 54.4 Å². The molecule has 0 saturated carbocycles. The summed E-state index contributed by atoms with van der Waals surface area (Å²) in [7, 11) is 0. The lowest BCUT2D eigenvalue weighted by Gasteiger charge is -2.20. The zero-order valence-electron chi connectivity index (χ0n) is 16.8. The summed E-state index contributed by atoms with van der Waals surface area (Å²) < 4.78 is 5.70. The first-order valence-electron chi connectivity index (χ1n) is 10.3. The number of para-hydroxylation sites is 1. The van der Waals surface area contributed by atoms with Crippen molar-refractivity contribution in [1.82, 2.24) is 10.3 Å². The van der Waals surface area contributed by atoms with Crippen LogP contribution in [0.1, 0.15) is 17.0 Å². The maximum atomic E-state index is 10.4. The molecule has 0 spiro atoms. The summed E-state index contributed by atoms with van der Waals surface area (Å²) in [6.07, 6.45) is -0.620. The highest BCUT2D eigenvalue weighted by atomic mass is 16.5. The zero-order chi connectivity index (χ0) is 20.6. The third-order valence-corrected chi connectivity index (χ3v) is 5.13. The Morgan fingerprint density at radius 3 is 2.07 bits per heavy atom. The lowest BCUT2D eigenvalue weighted by Crippen LogP contribution is -2.34. The van der Waals surface area contributed by atoms with E-state index in [4.69, 9.17) is 4.74 Å². The van der Waals surface area contributed by atoms with Gasteiger partial charge in [-0.1, -0.05) is 78.9 Å². The molecule has 1 aromatic heterocycles. The Kier molecular flexibility index (Phi) is 6.70. The van der Waals surface area contributed by atoms with Crippen molar-refractivity contribution in [2.75, 3.05) is 19.7 Å². The first-order valence-corrected chi connectivity index (χ1v) is 10.3. The highest BCUT2D eigenvalue weighted by Gasteiger charge is 2.14. The Morgan fingerprint density at radius 2 is 1.37 bits per heavy atom. The minimum Gasteiger partial charge on any atom is -0.475 e. The average Bonchev–Trinajstić information content (AvgIpc) is 2.81. The zero-order valence-corrected chi connectivity index (χ0v) is 16.8. The van der Waals surface area contributed by atoms with Crippen molar-refractivity contribution in [2.24, 2.45) is 0 Å². The van der Waals surface area contributed by atoms with Crippen molar-refractivity contribution in [2.45, 2.75) is 12.0 Å². The van der Waals surface area contributed by atoms with E-state index in [2.05, 4.69) is 58.8 Å². The molecule has 4 aromatic rings. The number of aliphatic hydroxyl groups is 1. The van der Waals surface area contributed by atoms with Gasteiger partial charge in [0.05, 0.1) is 5.52 Å². The summed E-state index contributed by atoms with van der Waals surface area (Å²) in [4.78, 5) is 4.48. The molecule has 3 aromatic carbocycles. The number of hydrogen-bond acceptors (Lipinski definition) is 4. The molecule has 0 aliphatic carbocycles. The third kappa shape index (κ3) is 5.23. The van der Waals surface area contributed by atoms with Crippen LogP contribution in [0.2, 0.25) is 0 Å². The van der Waals surface area contributed by atoms with Crippen LogP contribution in [0, 0.1) is 0 Å². The van der Waals surface area contributed by atoms with Gasteiger partial charge in [-0.05, 0) is 23.3 Å². The lowest BCUT2D eigenvalue weighted by molar-refractivity contribution is 0.104. The first-order chi connectivity index (χ1) is 14.8. The molecular weight excluding hydrogens is 372 g/mol. The van der Waals surface area contributed by atoms with Gasteiger partial charge in [0.1, 0.15) is 12.7 Å². The van der Waals surface area contributed by atoms with E-state index in [-0.39, 0.29) is 12.5 Å². The standard InChI is InChI=1S/C26H26N2O2/c29-23(19-30-26-16-15-22-13-7-8-14-25(22)28-26)17-27-18-24(20-9-3-1-4-10-20)21-11-5-2-6-12-21/h1-16,23-24,27,29H,17-19H2. The first kappa shape index (κ1) is 20.1. The summed E-state index contributed by atoms with van der Waals surface area (Å²) in [6.45, 7) is 1.38. The molecule has 152 valence electrons. The molecule has 0 fully saturated rings. The van der Waals surface area contributed by atoms with Crippen molar-refractivity contribution in [3.63, 3.8) is 0 Å². The second kappa shape index (κ2) is 10.0. The van der Waals surface area contributed by atoms with Crippen molar-refractivity contribution in [1.29, 1.82) is 0 Å².